The largest absolute Gasteiger partial charge is 0.481 e. The standard InChI is InChI=1S/C14H22O5/c1-3-4-5-6-7-8-11-18-12(2)19-14(17)10-9-13(15)16/h3,7-8,12H,1,4-6,9-11H2,2H3,(H,15,16). The van der Waals surface area contributed by atoms with E-state index >= 15 is 0 Å². The highest BCUT2D eigenvalue weighted by atomic mass is 16.7. The van der Waals surface area contributed by atoms with Gasteiger partial charge in [0.1, 0.15) is 0 Å². The summed E-state index contributed by atoms with van der Waals surface area (Å²) in [4.78, 5) is 21.4. The van der Waals surface area contributed by atoms with Crippen molar-refractivity contribution in [3.63, 3.8) is 0 Å². The van der Waals surface area contributed by atoms with E-state index in [0.29, 0.717) is 6.61 Å². The quantitative estimate of drug-likeness (QED) is 0.270. The van der Waals surface area contributed by atoms with Crippen molar-refractivity contribution in [2.24, 2.45) is 0 Å². The minimum Gasteiger partial charge on any atom is -0.481 e. The van der Waals surface area contributed by atoms with Crippen molar-refractivity contribution in [3.05, 3.63) is 24.8 Å². The van der Waals surface area contributed by atoms with Gasteiger partial charge in [-0.05, 0) is 26.2 Å². The maximum Gasteiger partial charge on any atom is 0.308 e. The summed E-state index contributed by atoms with van der Waals surface area (Å²) in [5.74, 6) is -1.59. The molecule has 5 heteroatoms. The van der Waals surface area contributed by atoms with Crippen LogP contribution in [0.5, 0.6) is 0 Å². The molecule has 0 aromatic heterocycles. The van der Waals surface area contributed by atoms with Crippen molar-refractivity contribution in [2.45, 2.75) is 45.3 Å². The smallest absolute Gasteiger partial charge is 0.308 e. The van der Waals surface area contributed by atoms with Crippen LogP contribution in [-0.4, -0.2) is 29.9 Å². The monoisotopic (exact) mass is 270 g/mol. The molecule has 0 amide bonds. The molecule has 0 saturated carbocycles. The Labute approximate surface area is 113 Å². The van der Waals surface area contributed by atoms with Crippen molar-refractivity contribution in [3.8, 4) is 0 Å². The maximum absolute atomic E-state index is 11.2. The number of esters is 1. The zero-order valence-corrected chi connectivity index (χ0v) is 11.3. The van der Waals surface area contributed by atoms with Crippen LogP contribution in [0.2, 0.25) is 0 Å². The Kier molecular flexibility index (Phi) is 10.5. The van der Waals surface area contributed by atoms with Gasteiger partial charge in [0.05, 0.1) is 19.4 Å². The third-order valence-electron chi connectivity index (χ3n) is 2.21. The minimum atomic E-state index is -1.02. The normalized spacial score (nSPS) is 12.3. The van der Waals surface area contributed by atoms with Gasteiger partial charge in [0.2, 0.25) is 0 Å². The van der Waals surface area contributed by atoms with Gasteiger partial charge in [-0.2, -0.15) is 0 Å². The molecule has 108 valence electrons. The Hall–Kier alpha value is -1.62. The summed E-state index contributed by atoms with van der Waals surface area (Å²) in [5.41, 5.74) is 0. The Morgan fingerprint density at radius 1 is 1.26 bits per heavy atom. The number of hydrogen-bond donors (Lipinski definition) is 1. The summed E-state index contributed by atoms with van der Waals surface area (Å²) in [6.45, 7) is 5.60. The summed E-state index contributed by atoms with van der Waals surface area (Å²) in [5, 5.41) is 8.40. The highest BCUT2D eigenvalue weighted by Gasteiger charge is 2.10. The molecule has 0 aliphatic heterocycles. The van der Waals surface area contributed by atoms with Gasteiger partial charge >= 0.3 is 11.9 Å². The molecule has 1 unspecified atom stereocenters. The molecule has 0 aromatic carbocycles. The van der Waals surface area contributed by atoms with Crippen LogP contribution in [-0.2, 0) is 19.1 Å². The van der Waals surface area contributed by atoms with Crippen molar-refractivity contribution < 1.29 is 24.2 Å². The van der Waals surface area contributed by atoms with E-state index in [0.717, 1.165) is 19.3 Å². The van der Waals surface area contributed by atoms with E-state index in [-0.39, 0.29) is 12.8 Å². The van der Waals surface area contributed by atoms with Gasteiger partial charge in [-0.3, -0.25) is 9.59 Å². The fourth-order valence-corrected chi connectivity index (χ4v) is 1.24. The van der Waals surface area contributed by atoms with Crippen LogP contribution in [0.3, 0.4) is 0 Å². The number of carbonyl (C=O) groups excluding carboxylic acids is 1. The minimum absolute atomic E-state index is 0.138. The summed E-state index contributed by atoms with van der Waals surface area (Å²) in [6.07, 6.45) is 7.72. The second kappa shape index (κ2) is 11.5. The lowest BCUT2D eigenvalue weighted by molar-refractivity contribution is -0.173. The van der Waals surface area contributed by atoms with Gasteiger partial charge in [-0.15, -0.1) is 6.58 Å². The summed E-state index contributed by atoms with van der Waals surface area (Å²) >= 11 is 0. The van der Waals surface area contributed by atoms with Crippen LogP contribution in [0.1, 0.15) is 39.0 Å². The molecule has 0 rings (SSSR count). The van der Waals surface area contributed by atoms with Crippen molar-refractivity contribution >= 4 is 11.9 Å². The van der Waals surface area contributed by atoms with Gasteiger partial charge in [0.15, 0.2) is 6.29 Å². The van der Waals surface area contributed by atoms with E-state index in [1.807, 2.05) is 18.2 Å². The number of allylic oxidation sites excluding steroid dienone is 2. The lowest BCUT2D eigenvalue weighted by Crippen LogP contribution is -2.18. The number of hydrogen-bond acceptors (Lipinski definition) is 4. The van der Waals surface area contributed by atoms with Crippen molar-refractivity contribution in [1.82, 2.24) is 0 Å². The van der Waals surface area contributed by atoms with E-state index in [1.165, 1.54) is 0 Å². The Morgan fingerprint density at radius 2 is 2.00 bits per heavy atom. The van der Waals surface area contributed by atoms with Gasteiger partial charge in [0, 0.05) is 0 Å². The molecule has 1 N–H and O–H groups in total. The summed E-state index contributed by atoms with van der Waals surface area (Å²) < 4.78 is 10.1. The van der Waals surface area contributed by atoms with E-state index in [1.54, 1.807) is 6.92 Å². The third-order valence-corrected chi connectivity index (χ3v) is 2.21. The predicted molar refractivity (Wildman–Crippen MR) is 71.6 cm³/mol. The molecule has 0 spiro atoms. The molecule has 1 atom stereocenters. The second-order valence-electron chi connectivity index (χ2n) is 3.98. The lowest BCUT2D eigenvalue weighted by atomic mass is 10.2. The molecule has 19 heavy (non-hydrogen) atoms. The molecule has 0 saturated heterocycles. The maximum atomic E-state index is 11.2. The van der Waals surface area contributed by atoms with Gasteiger partial charge in [-0.1, -0.05) is 18.2 Å². The number of rotatable bonds is 11. The Balaban J connectivity index is 3.57. The molecule has 5 nitrogen and oxygen atoms in total. The first-order chi connectivity index (χ1) is 9.06. The average Bonchev–Trinajstić information content (AvgIpc) is 2.35. The van der Waals surface area contributed by atoms with Gasteiger partial charge in [0.25, 0.3) is 0 Å². The highest BCUT2D eigenvalue weighted by molar-refractivity contribution is 5.76. The van der Waals surface area contributed by atoms with Crippen LogP contribution in [0.25, 0.3) is 0 Å². The zero-order chi connectivity index (χ0) is 14.5. The highest BCUT2D eigenvalue weighted by Crippen LogP contribution is 2.01. The SMILES string of the molecule is C=CCCCC=CCOC(C)OC(=O)CCC(=O)O. The number of aliphatic carboxylic acids is 1. The van der Waals surface area contributed by atoms with Gasteiger partial charge < -0.3 is 14.6 Å². The third kappa shape index (κ3) is 12.6. The van der Waals surface area contributed by atoms with Crippen LogP contribution in [0.15, 0.2) is 24.8 Å². The molecule has 0 aromatic rings. The molecule has 0 heterocycles. The molecular formula is C14H22O5. The first kappa shape index (κ1) is 17.4. The van der Waals surface area contributed by atoms with Crippen LogP contribution < -0.4 is 0 Å². The Morgan fingerprint density at radius 3 is 2.63 bits per heavy atom. The zero-order valence-electron chi connectivity index (χ0n) is 11.3. The number of carboxylic acids is 1. The first-order valence-corrected chi connectivity index (χ1v) is 6.35. The number of carboxylic acid groups (broad SMARTS) is 1. The number of carbonyl (C=O) groups is 2. The average molecular weight is 270 g/mol. The number of ether oxygens (including phenoxy) is 2. The fraction of sp³-hybridized carbons (Fsp3) is 0.571. The van der Waals surface area contributed by atoms with Crippen LogP contribution in [0, 0.1) is 0 Å². The van der Waals surface area contributed by atoms with E-state index in [4.69, 9.17) is 14.6 Å². The van der Waals surface area contributed by atoms with E-state index in [2.05, 4.69) is 6.58 Å². The molecule has 0 fully saturated rings. The number of unbranched alkanes of at least 4 members (excludes halogenated alkanes) is 2. The van der Waals surface area contributed by atoms with Crippen LogP contribution in [0.4, 0.5) is 0 Å². The van der Waals surface area contributed by atoms with E-state index < -0.39 is 18.2 Å². The van der Waals surface area contributed by atoms with E-state index in [9.17, 15) is 9.59 Å². The molecule has 0 aliphatic carbocycles. The fourth-order valence-electron chi connectivity index (χ4n) is 1.24. The molecule has 0 aliphatic rings. The van der Waals surface area contributed by atoms with Crippen LogP contribution >= 0.6 is 0 Å². The van der Waals surface area contributed by atoms with Crippen molar-refractivity contribution in [2.75, 3.05) is 6.61 Å². The van der Waals surface area contributed by atoms with Gasteiger partial charge in [-0.25, -0.2) is 0 Å². The predicted octanol–water partition coefficient (Wildman–Crippen LogP) is 2.67. The second-order valence-corrected chi connectivity index (χ2v) is 3.98. The topological polar surface area (TPSA) is 72.8 Å². The Bertz CT molecular complexity index is 309. The summed E-state index contributed by atoms with van der Waals surface area (Å²) in [7, 11) is 0. The first-order valence-electron chi connectivity index (χ1n) is 6.35. The van der Waals surface area contributed by atoms with Crippen molar-refractivity contribution in [1.29, 1.82) is 0 Å². The summed E-state index contributed by atoms with van der Waals surface area (Å²) in [6, 6.07) is 0. The lowest BCUT2D eigenvalue weighted by Gasteiger charge is -2.12. The molecule has 0 bridgehead atoms. The molecule has 0 radical (unpaired) electrons. The molecular weight excluding hydrogens is 248 g/mol.